The standard InChI is InChI=1S/C17H20F2N2O3S/c1-10-16(22)20-13-8-11(2-3-14(13)25-10)17(23)24-12-4-6-21(7-5-12)9-15(18)19/h2-3,8,10,12,15H,4-7,9H2,1H3,(H,20,22). The first-order chi connectivity index (χ1) is 11.9. The van der Waals surface area contributed by atoms with Gasteiger partial charge in [0.2, 0.25) is 5.91 Å². The molecule has 1 aromatic carbocycles. The molecule has 8 heteroatoms. The van der Waals surface area contributed by atoms with Crippen LogP contribution in [0.5, 0.6) is 0 Å². The van der Waals surface area contributed by atoms with Crippen LogP contribution in [0, 0.1) is 0 Å². The molecule has 136 valence electrons. The van der Waals surface area contributed by atoms with Crippen LogP contribution in [0.1, 0.15) is 30.1 Å². The zero-order chi connectivity index (χ0) is 18.0. The summed E-state index contributed by atoms with van der Waals surface area (Å²) in [6.45, 7) is 2.58. The predicted molar refractivity (Wildman–Crippen MR) is 91.3 cm³/mol. The van der Waals surface area contributed by atoms with Crippen molar-refractivity contribution in [2.24, 2.45) is 0 Å². The average Bonchev–Trinajstić information content (AvgIpc) is 2.57. The van der Waals surface area contributed by atoms with E-state index in [1.54, 1.807) is 23.1 Å². The summed E-state index contributed by atoms with van der Waals surface area (Å²) in [5.41, 5.74) is 0.999. The Morgan fingerprint density at radius 3 is 2.80 bits per heavy atom. The Hall–Kier alpha value is -1.67. The highest BCUT2D eigenvalue weighted by atomic mass is 32.2. The first-order valence-electron chi connectivity index (χ1n) is 8.25. The Kier molecular flexibility index (Phi) is 5.58. The molecule has 2 aliphatic heterocycles. The minimum atomic E-state index is -2.34. The fourth-order valence-corrected chi connectivity index (χ4v) is 3.89. The third-order valence-electron chi connectivity index (χ3n) is 4.35. The molecule has 2 heterocycles. The van der Waals surface area contributed by atoms with Crippen LogP contribution < -0.4 is 5.32 Å². The van der Waals surface area contributed by atoms with Crippen molar-refractivity contribution < 1.29 is 23.1 Å². The molecule has 1 atom stereocenters. The molecule has 1 unspecified atom stereocenters. The fraction of sp³-hybridized carbons (Fsp3) is 0.529. The molecule has 0 spiro atoms. The molecule has 0 bridgehead atoms. The van der Waals surface area contributed by atoms with Gasteiger partial charge in [0.05, 0.1) is 23.0 Å². The topological polar surface area (TPSA) is 58.6 Å². The van der Waals surface area contributed by atoms with Gasteiger partial charge in [-0.25, -0.2) is 13.6 Å². The van der Waals surface area contributed by atoms with E-state index in [-0.39, 0.29) is 23.8 Å². The van der Waals surface area contributed by atoms with E-state index in [1.165, 1.54) is 11.8 Å². The summed E-state index contributed by atoms with van der Waals surface area (Å²) >= 11 is 1.45. The number of carbonyl (C=O) groups is 2. The Bertz CT molecular complexity index is 663. The molecular weight excluding hydrogens is 350 g/mol. The number of likely N-dealkylation sites (tertiary alicyclic amines) is 1. The monoisotopic (exact) mass is 370 g/mol. The lowest BCUT2D eigenvalue weighted by Gasteiger charge is -2.31. The summed E-state index contributed by atoms with van der Waals surface area (Å²) in [6, 6.07) is 5.11. The van der Waals surface area contributed by atoms with E-state index >= 15 is 0 Å². The maximum Gasteiger partial charge on any atom is 0.338 e. The number of piperidine rings is 1. The van der Waals surface area contributed by atoms with Crippen LogP contribution in [0.15, 0.2) is 23.1 Å². The number of fused-ring (bicyclic) bond motifs is 1. The molecule has 0 radical (unpaired) electrons. The maximum absolute atomic E-state index is 12.4. The maximum atomic E-state index is 12.4. The number of thioether (sulfide) groups is 1. The normalized spacial score (nSPS) is 21.8. The van der Waals surface area contributed by atoms with Gasteiger partial charge in [-0.1, -0.05) is 0 Å². The Balaban J connectivity index is 1.58. The van der Waals surface area contributed by atoms with Gasteiger partial charge < -0.3 is 10.1 Å². The van der Waals surface area contributed by atoms with E-state index in [4.69, 9.17) is 4.74 Å². The number of rotatable bonds is 4. The molecular formula is C17H20F2N2O3S. The number of hydrogen-bond donors (Lipinski definition) is 1. The van der Waals surface area contributed by atoms with E-state index < -0.39 is 12.4 Å². The lowest BCUT2D eigenvalue weighted by molar-refractivity contribution is -0.115. The first kappa shape index (κ1) is 18.1. The molecule has 5 nitrogen and oxygen atoms in total. The second kappa shape index (κ2) is 7.70. The summed E-state index contributed by atoms with van der Waals surface area (Å²) in [7, 11) is 0. The SMILES string of the molecule is CC1Sc2ccc(C(=O)OC3CCN(CC(F)F)CC3)cc2NC1=O. The molecule has 1 amide bonds. The summed E-state index contributed by atoms with van der Waals surface area (Å²) in [5.74, 6) is -0.539. The summed E-state index contributed by atoms with van der Waals surface area (Å²) in [5, 5.41) is 2.62. The van der Waals surface area contributed by atoms with Crippen molar-refractivity contribution >= 4 is 29.3 Å². The van der Waals surface area contributed by atoms with E-state index in [1.807, 2.05) is 6.92 Å². The number of amides is 1. The van der Waals surface area contributed by atoms with Crippen molar-refractivity contribution in [1.82, 2.24) is 4.90 Å². The third-order valence-corrected chi connectivity index (χ3v) is 5.53. The van der Waals surface area contributed by atoms with Gasteiger partial charge in [0.15, 0.2) is 0 Å². The minimum absolute atomic E-state index is 0.0885. The van der Waals surface area contributed by atoms with Gasteiger partial charge in [-0.2, -0.15) is 0 Å². The van der Waals surface area contributed by atoms with Gasteiger partial charge in [-0.15, -0.1) is 11.8 Å². The van der Waals surface area contributed by atoms with E-state index in [2.05, 4.69) is 5.32 Å². The molecule has 25 heavy (non-hydrogen) atoms. The van der Waals surface area contributed by atoms with Crippen molar-refractivity contribution in [2.75, 3.05) is 25.0 Å². The molecule has 1 saturated heterocycles. The van der Waals surface area contributed by atoms with Crippen molar-refractivity contribution in [3.8, 4) is 0 Å². The van der Waals surface area contributed by atoms with Gasteiger partial charge in [-0.05, 0) is 38.0 Å². The molecule has 0 aliphatic carbocycles. The predicted octanol–water partition coefficient (Wildman–Crippen LogP) is 3.01. The number of hydrogen-bond acceptors (Lipinski definition) is 5. The molecule has 0 aromatic heterocycles. The number of nitrogens with zero attached hydrogens (tertiary/aromatic N) is 1. The fourth-order valence-electron chi connectivity index (χ4n) is 2.96. The smallest absolute Gasteiger partial charge is 0.338 e. The molecule has 1 fully saturated rings. The second-order valence-electron chi connectivity index (χ2n) is 6.26. The number of esters is 1. The average molecular weight is 370 g/mol. The summed E-state index contributed by atoms with van der Waals surface area (Å²) < 4.78 is 30.3. The quantitative estimate of drug-likeness (QED) is 0.826. The van der Waals surface area contributed by atoms with Crippen LogP contribution in [0.2, 0.25) is 0 Å². The van der Waals surface area contributed by atoms with Gasteiger partial charge in [0, 0.05) is 18.0 Å². The Morgan fingerprint density at radius 1 is 1.40 bits per heavy atom. The van der Waals surface area contributed by atoms with Crippen molar-refractivity contribution in [3.63, 3.8) is 0 Å². The number of anilines is 1. The van der Waals surface area contributed by atoms with Crippen LogP contribution >= 0.6 is 11.8 Å². The number of alkyl halides is 2. The molecule has 3 rings (SSSR count). The largest absolute Gasteiger partial charge is 0.459 e. The third kappa shape index (κ3) is 4.49. The lowest BCUT2D eigenvalue weighted by Crippen LogP contribution is -2.40. The molecule has 0 saturated carbocycles. The van der Waals surface area contributed by atoms with E-state index in [0.717, 1.165) is 4.90 Å². The number of halogens is 2. The molecule has 1 N–H and O–H groups in total. The zero-order valence-electron chi connectivity index (χ0n) is 13.8. The Morgan fingerprint density at radius 2 is 2.12 bits per heavy atom. The zero-order valence-corrected chi connectivity index (χ0v) is 14.7. The van der Waals surface area contributed by atoms with Crippen LogP contribution in [0.3, 0.4) is 0 Å². The number of carbonyl (C=O) groups excluding carboxylic acids is 2. The minimum Gasteiger partial charge on any atom is -0.459 e. The van der Waals surface area contributed by atoms with E-state index in [0.29, 0.717) is 37.2 Å². The number of nitrogens with one attached hydrogen (secondary N) is 1. The van der Waals surface area contributed by atoms with Gasteiger partial charge in [0.1, 0.15) is 6.10 Å². The Labute approximate surface area is 149 Å². The van der Waals surface area contributed by atoms with Gasteiger partial charge >= 0.3 is 5.97 Å². The van der Waals surface area contributed by atoms with Crippen LogP contribution in [0.4, 0.5) is 14.5 Å². The summed E-state index contributed by atoms with van der Waals surface area (Å²) in [6.07, 6.45) is -1.51. The van der Waals surface area contributed by atoms with Crippen LogP contribution in [-0.2, 0) is 9.53 Å². The first-order valence-corrected chi connectivity index (χ1v) is 9.13. The van der Waals surface area contributed by atoms with Crippen molar-refractivity contribution in [2.45, 2.75) is 42.4 Å². The second-order valence-corrected chi connectivity index (χ2v) is 7.64. The highest BCUT2D eigenvalue weighted by Gasteiger charge is 2.26. The van der Waals surface area contributed by atoms with Crippen LogP contribution in [0.25, 0.3) is 0 Å². The molecule has 2 aliphatic rings. The van der Waals surface area contributed by atoms with Crippen molar-refractivity contribution in [3.05, 3.63) is 23.8 Å². The highest BCUT2D eigenvalue weighted by Crippen LogP contribution is 2.36. The summed E-state index contributed by atoms with van der Waals surface area (Å²) in [4.78, 5) is 26.7. The van der Waals surface area contributed by atoms with E-state index in [9.17, 15) is 18.4 Å². The number of ether oxygens (including phenoxy) is 1. The van der Waals surface area contributed by atoms with Crippen molar-refractivity contribution in [1.29, 1.82) is 0 Å². The molecule has 1 aromatic rings. The van der Waals surface area contributed by atoms with Crippen LogP contribution in [-0.4, -0.2) is 54.2 Å². The van der Waals surface area contributed by atoms with Gasteiger partial charge in [0.25, 0.3) is 6.43 Å². The number of benzene rings is 1. The lowest BCUT2D eigenvalue weighted by atomic mass is 10.1. The highest BCUT2D eigenvalue weighted by molar-refractivity contribution is 8.00. The van der Waals surface area contributed by atoms with Gasteiger partial charge in [-0.3, -0.25) is 9.69 Å².